The molecule has 0 unspecified atom stereocenters. The fraction of sp³-hybridized carbons (Fsp3) is 0.267. The number of aryl methyl sites for hydroxylation is 1. The molecule has 4 nitrogen and oxygen atoms in total. The van der Waals surface area contributed by atoms with Crippen LogP contribution in [0.1, 0.15) is 11.4 Å². The molecule has 4 heteroatoms. The Bertz CT molecular complexity index is 721. The van der Waals surface area contributed by atoms with Gasteiger partial charge in [0.25, 0.3) is 0 Å². The van der Waals surface area contributed by atoms with Crippen LogP contribution < -0.4 is 5.32 Å². The highest BCUT2D eigenvalue weighted by molar-refractivity contribution is 5.93. The van der Waals surface area contributed by atoms with E-state index in [4.69, 9.17) is 4.98 Å². The Morgan fingerprint density at radius 1 is 1.32 bits per heavy atom. The Balaban J connectivity index is 2.19. The fourth-order valence-electron chi connectivity index (χ4n) is 2.58. The van der Waals surface area contributed by atoms with Crippen molar-refractivity contribution in [3.63, 3.8) is 0 Å². The molecule has 0 saturated carbocycles. The molecule has 0 fully saturated rings. The molecule has 3 rings (SSSR count). The molecule has 0 bridgehead atoms. The summed E-state index contributed by atoms with van der Waals surface area (Å²) >= 11 is 0. The van der Waals surface area contributed by atoms with Crippen LogP contribution in [0, 0.1) is 6.92 Å². The fourth-order valence-corrected chi connectivity index (χ4v) is 2.58. The monoisotopic (exact) mass is 254 g/mol. The summed E-state index contributed by atoms with van der Waals surface area (Å²) in [6.45, 7) is 2.89. The van der Waals surface area contributed by atoms with Crippen molar-refractivity contribution in [3.8, 4) is 11.4 Å². The summed E-state index contributed by atoms with van der Waals surface area (Å²) in [6, 6.07) is 8.31. The molecule has 0 aliphatic heterocycles. The number of benzene rings is 1. The van der Waals surface area contributed by atoms with Gasteiger partial charge in [-0.3, -0.25) is 0 Å². The highest BCUT2D eigenvalue weighted by Gasteiger charge is 2.15. The number of H-pyrrole nitrogens is 1. The van der Waals surface area contributed by atoms with Gasteiger partial charge < -0.3 is 14.9 Å². The molecule has 98 valence electrons. The maximum atomic E-state index is 4.72. The van der Waals surface area contributed by atoms with Crippen LogP contribution in [0.2, 0.25) is 0 Å². The number of nitrogens with one attached hydrogen (secondary N) is 2. The van der Waals surface area contributed by atoms with Crippen LogP contribution in [0.15, 0.2) is 30.5 Å². The molecule has 0 saturated heterocycles. The van der Waals surface area contributed by atoms with Crippen molar-refractivity contribution in [2.24, 2.45) is 7.05 Å². The van der Waals surface area contributed by atoms with E-state index in [1.165, 1.54) is 11.1 Å². The first kappa shape index (κ1) is 12.0. The molecule has 2 aromatic heterocycles. The van der Waals surface area contributed by atoms with Gasteiger partial charge in [0.2, 0.25) is 0 Å². The highest BCUT2D eigenvalue weighted by Crippen LogP contribution is 2.28. The molecule has 0 aliphatic rings. The summed E-state index contributed by atoms with van der Waals surface area (Å²) in [5.41, 5.74) is 4.61. The van der Waals surface area contributed by atoms with Crippen molar-refractivity contribution in [1.82, 2.24) is 19.9 Å². The van der Waals surface area contributed by atoms with Gasteiger partial charge in [-0.05, 0) is 20.0 Å². The van der Waals surface area contributed by atoms with Crippen LogP contribution in [-0.4, -0.2) is 21.6 Å². The Morgan fingerprint density at radius 3 is 2.89 bits per heavy atom. The molecule has 0 aliphatic carbocycles. The van der Waals surface area contributed by atoms with E-state index >= 15 is 0 Å². The lowest BCUT2D eigenvalue weighted by Gasteiger charge is -2.05. The molecule has 0 atom stereocenters. The minimum absolute atomic E-state index is 0.831. The van der Waals surface area contributed by atoms with Crippen LogP contribution in [0.25, 0.3) is 22.3 Å². The van der Waals surface area contributed by atoms with Gasteiger partial charge in [0.05, 0.1) is 11.4 Å². The van der Waals surface area contributed by atoms with E-state index in [1.54, 1.807) is 0 Å². The average Bonchev–Trinajstić information content (AvgIpc) is 2.95. The van der Waals surface area contributed by atoms with Gasteiger partial charge in [-0.25, -0.2) is 4.98 Å². The molecule has 2 N–H and O–H groups in total. The maximum absolute atomic E-state index is 4.72. The minimum atomic E-state index is 0.831. The number of rotatable bonds is 3. The first-order chi connectivity index (χ1) is 9.22. The van der Waals surface area contributed by atoms with Crippen LogP contribution in [-0.2, 0) is 13.6 Å². The third-order valence-corrected chi connectivity index (χ3v) is 3.59. The topological polar surface area (TPSA) is 45.6 Å². The number of fused-ring (bicyclic) bond motifs is 1. The second kappa shape index (κ2) is 4.55. The normalized spacial score (nSPS) is 11.3. The lowest BCUT2D eigenvalue weighted by atomic mass is 10.1. The molecule has 1 aromatic carbocycles. The van der Waals surface area contributed by atoms with E-state index < -0.39 is 0 Å². The van der Waals surface area contributed by atoms with Crippen LogP contribution in [0.5, 0.6) is 0 Å². The lowest BCUT2D eigenvalue weighted by Crippen LogP contribution is -2.10. The zero-order valence-electron chi connectivity index (χ0n) is 11.5. The van der Waals surface area contributed by atoms with Crippen molar-refractivity contribution in [1.29, 1.82) is 0 Å². The molecule has 19 heavy (non-hydrogen) atoms. The van der Waals surface area contributed by atoms with Gasteiger partial charge in [0.15, 0.2) is 0 Å². The van der Waals surface area contributed by atoms with Crippen LogP contribution >= 0.6 is 0 Å². The lowest BCUT2D eigenvalue weighted by molar-refractivity contribution is 0.732. The summed E-state index contributed by atoms with van der Waals surface area (Å²) in [6.07, 6.45) is 2.04. The van der Waals surface area contributed by atoms with Gasteiger partial charge in [0.1, 0.15) is 5.82 Å². The Morgan fingerprint density at radius 2 is 2.11 bits per heavy atom. The first-order valence-electron chi connectivity index (χ1n) is 6.45. The van der Waals surface area contributed by atoms with Gasteiger partial charge in [-0.15, -0.1) is 0 Å². The summed E-state index contributed by atoms with van der Waals surface area (Å²) in [4.78, 5) is 8.03. The average molecular weight is 254 g/mol. The van der Waals surface area contributed by atoms with E-state index in [2.05, 4.69) is 47.0 Å². The van der Waals surface area contributed by atoms with Gasteiger partial charge in [-0.2, -0.15) is 0 Å². The Hall–Kier alpha value is -2.07. The minimum Gasteiger partial charge on any atom is -0.360 e. The van der Waals surface area contributed by atoms with E-state index in [1.807, 2.05) is 19.3 Å². The predicted molar refractivity (Wildman–Crippen MR) is 78.0 cm³/mol. The number of aromatic nitrogens is 3. The van der Waals surface area contributed by atoms with Gasteiger partial charge in [-0.1, -0.05) is 18.2 Å². The zero-order chi connectivity index (χ0) is 13.4. The Labute approximate surface area is 112 Å². The van der Waals surface area contributed by atoms with E-state index in [0.717, 1.165) is 29.1 Å². The van der Waals surface area contributed by atoms with E-state index in [-0.39, 0.29) is 0 Å². The molecule has 0 spiro atoms. The summed E-state index contributed by atoms with van der Waals surface area (Å²) in [5, 5.41) is 4.41. The third-order valence-electron chi connectivity index (χ3n) is 3.59. The molecule has 3 aromatic rings. The second-order valence-electron chi connectivity index (χ2n) is 4.80. The molecular formula is C15H18N4. The number of para-hydroxylation sites is 1. The summed E-state index contributed by atoms with van der Waals surface area (Å²) < 4.78 is 2.17. The van der Waals surface area contributed by atoms with Crippen LogP contribution in [0.3, 0.4) is 0 Å². The number of hydrogen-bond acceptors (Lipinski definition) is 2. The summed E-state index contributed by atoms with van der Waals surface area (Å²) in [5.74, 6) is 1.01. The standard InChI is InChI=1S/C15H18N4/c1-10-14(9-16-2)19(3)15(18-10)12-8-17-13-7-5-4-6-11(12)13/h4-8,16-17H,9H2,1-3H3. The van der Waals surface area contributed by atoms with Crippen molar-refractivity contribution in [3.05, 3.63) is 41.9 Å². The number of imidazole rings is 1. The highest BCUT2D eigenvalue weighted by atomic mass is 15.1. The predicted octanol–water partition coefficient (Wildman–Crippen LogP) is 2.60. The summed E-state index contributed by atoms with van der Waals surface area (Å²) in [7, 11) is 4.03. The zero-order valence-corrected chi connectivity index (χ0v) is 11.5. The molecule has 2 heterocycles. The SMILES string of the molecule is CNCc1c(C)nc(-c2c[nH]c3ccccc23)n1C. The molecular weight excluding hydrogens is 236 g/mol. The van der Waals surface area contributed by atoms with E-state index in [0.29, 0.717) is 0 Å². The van der Waals surface area contributed by atoms with E-state index in [9.17, 15) is 0 Å². The third kappa shape index (κ3) is 1.85. The van der Waals surface area contributed by atoms with Gasteiger partial charge in [0, 0.05) is 36.3 Å². The van der Waals surface area contributed by atoms with Gasteiger partial charge >= 0.3 is 0 Å². The number of aromatic amines is 1. The first-order valence-corrected chi connectivity index (χ1v) is 6.45. The maximum Gasteiger partial charge on any atom is 0.142 e. The largest absolute Gasteiger partial charge is 0.360 e. The smallest absolute Gasteiger partial charge is 0.142 e. The molecule has 0 amide bonds. The van der Waals surface area contributed by atoms with Crippen molar-refractivity contribution < 1.29 is 0 Å². The number of nitrogens with zero attached hydrogens (tertiary/aromatic N) is 2. The molecule has 0 radical (unpaired) electrons. The quantitative estimate of drug-likeness (QED) is 0.754. The Kier molecular flexibility index (Phi) is 2.87. The number of hydrogen-bond donors (Lipinski definition) is 2. The van der Waals surface area contributed by atoms with Crippen molar-refractivity contribution >= 4 is 10.9 Å². The second-order valence-corrected chi connectivity index (χ2v) is 4.80. The van der Waals surface area contributed by atoms with Crippen LogP contribution in [0.4, 0.5) is 0 Å². The van der Waals surface area contributed by atoms with Crippen molar-refractivity contribution in [2.45, 2.75) is 13.5 Å². The van der Waals surface area contributed by atoms with Crippen molar-refractivity contribution in [2.75, 3.05) is 7.05 Å².